The predicted octanol–water partition coefficient (Wildman–Crippen LogP) is 5.51. The number of unbranched alkanes of at least 4 members (excludes halogenated alkanes) is 2. The van der Waals surface area contributed by atoms with E-state index >= 15 is 0 Å². The number of ether oxygens (including phenoxy) is 2. The van der Waals surface area contributed by atoms with Gasteiger partial charge in [0.1, 0.15) is 17.6 Å². The van der Waals surface area contributed by atoms with Gasteiger partial charge in [-0.3, -0.25) is 9.69 Å². The van der Waals surface area contributed by atoms with Crippen LogP contribution in [0.3, 0.4) is 0 Å². The summed E-state index contributed by atoms with van der Waals surface area (Å²) in [5, 5.41) is 14.1. The van der Waals surface area contributed by atoms with Gasteiger partial charge in [0.05, 0.1) is 12.7 Å². The largest absolute Gasteiger partial charge is 0.493 e. The lowest BCUT2D eigenvalue weighted by atomic mass is 10.0. The molecule has 2 atom stereocenters. The predicted molar refractivity (Wildman–Crippen MR) is 145 cm³/mol. The molecule has 2 N–H and O–H groups in total. The number of nitrogens with one attached hydrogen (secondary N) is 1. The normalized spacial score (nSPS) is 20.3. The molecule has 5 rings (SSSR count). The first-order chi connectivity index (χ1) is 18.1. The van der Waals surface area contributed by atoms with E-state index in [0.717, 1.165) is 56.6 Å². The van der Waals surface area contributed by atoms with Crippen molar-refractivity contribution in [1.82, 2.24) is 9.88 Å². The molecule has 0 radical (unpaired) electrons. The Labute approximate surface area is 224 Å². The first kappa shape index (κ1) is 26.3. The van der Waals surface area contributed by atoms with E-state index in [2.05, 4.69) is 17.4 Å². The number of aryl methyl sites for hydroxylation is 2. The fourth-order valence-electron chi connectivity index (χ4n) is 5.31. The van der Waals surface area contributed by atoms with Crippen LogP contribution in [0.15, 0.2) is 30.3 Å². The molecule has 37 heavy (non-hydrogen) atoms. The molecule has 7 nitrogen and oxygen atoms in total. The highest BCUT2D eigenvalue weighted by Gasteiger charge is 2.36. The molecule has 1 saturated carbocycles. The van der Waals surface area contributed by atoms with Crippen molar-refractivity contribution in [2.75, 3.05) is 38.2 Å². The Morgan fingerprint density at radius 3 is 2.92 bits per heavy atom. The molecule has 1 saturated heterocycles. The first-order valence-corrected chi connectivity index (χ1v) is 14.2. The van der Waals surface area contributed by atoms with Crippen LogP contribution in [0.5, 0.6) is 5.75 Å². The number of nitrogens with zero attached hydrogens (tertiary/aromatic N) is 2. The summed E-state index contributed by atoms with van der Waals surface area (Å²) in [6.45, 7) is 3.61. The highest BCUT2D eigenvalue weighted by atomic mass is 35.5. The van der Waals surface area contributed by atoms with Gasteiger partial charge in [-0.25, -0.2) is 4.98 Å². The Morgan fingerprint density at radius 1 is 1.19 bits per heavy atom. The highest BCUT2D eigenvalue weighted by molar-refractivity contribution is 6.30. The number of benzene rings is 1. The summed E-state index contributed by atoms with van der Waals surface area (Å²) >= 11 is 6.26. The molecular formula is C29H38ClN3O4. The summed E-state index contributed by atoms with van der Waals surface area (Å²) in [7, 11) is 0. The highest BCUT2D eigenvalue weighted by Crippen LogP contribution is 2.36. The van der Waals surface area contributed by atoms with Crippen molar-refractivity contribution in [2.24, 2.45) is 5.92 Å². The van der Waals surface area contributed by atoms with Crippen LogP contribution in [-0.4, -0.2) is 59.9 Å². The number of hydrogen-bond donors (Lipinski definition) is 2. The standard InChI is InChI=1S/C29H38ClN3O4/c30-22-10-12-26(37-19-20-7-8-20)25(17-22)27(29(34)35)33-15-13-24(18-33)36-16-3-1-2-6-23-11-9-21-5-4-14-31-28(21)32-23/h9-12,17,20,24,27H,1-8,13-16,18-19H2,(H,31,32)(H,34,35)/t24-,27?/m1/s1. The van der Waals surface area contributed by atoms with Crippen LogP contribution in [0.1, 0.15) is 67.8 Å². The Balaban J connectivity index is 1.06. The van der Waals surface area contributed by atoms with Gasteiger partial charge in [-0.15, -0.1) is 0 Å². The Kier molecular flexibility index (Phi) is 8.85. The van der Waals surface area contributed by atoms with Crippen molar-refractivity contribution in [3.05, 3.63) is 52.2 Å². The SMILES string of the molecule is O=C(O)C(c1cc(Cl)ccc1OCC1CC1)N1CC[C@@H](OCCCCCc2ccc3c(n2)NCCC3)C1. The number of likely N-dealkylation sites (tertiary alicyclic amines) is 1. The third-order valence-electron chi connectivity index (χ3n) is 7.60. The number of halogens is 1. The van der Waals surface area contributed by atoms with Crippen molar-refractivity contribution < 1.29 is 19.4 Å². The van der Waals surface area contributed by atoms with E-state index in [1.165, 1.54) is 24.8 Å². The topological polar surface area (TPSA) is 83.9 Å². The van der Waals surface area contributed by atoms with Gasteiger partial charge < -0.3 is 19.9 Å². The number of carbonyl (C=O) groups is 1. The van der Waals surface area contributed by atoms with Gasteiger partial charge in [-0.2, -0.15) is 0 Å². The second-order valence-corrected chi connectivity index (χ2v) is 11.0. The zero-order chi connectivity index (χ0) is 25.6. The molecule has 0 bridgehead atoms. The smallest absolute Gasteiger partial charge is 0.325 e. The maximum Gasteiger partial charge on any atom is 0.325 e. The van der Waals surface area contributed by atoms with Crippen LogP contribution < -0.4 is 10.1 Å². The maximum atomic E-state index is 12.3. The van der Waals surface area contributed by atoms with E-state index in [1.54, 1.807) is 18.2 Å². The second-order valence-electron chi connectivity index (χ2n) is 10.6. The van der Waals surface area contributed by atoms with Gasteiger partial charge in [0.2, 0.25) is 0 Å². The average molecular weight is 528 g/mol. The lowest BCUT2D eigenvalue weighted by Gasteiger charge is -2.26. The van der Waals surface area contributed by atoms with Crippen molar-refractivity contribution in [1.29, 1.82) is 0 Å². The lowest BCUT2D eigenvalue weighted by molar-refractivity contribution is -0.143. The number of pyridine rings is 1. The molecule has 1 aromatic carbocycles. The van der Waals surface area contributed by atoms with E-state index in [-0.39, 0.29) is 6.10 Å². The third kappa shape index (κ3) is 7.15. The van der Waals surface area contributed by atoms with E-state index in [9.17, 15) is 9.90 Å². The minimum atomic E-state index is -0.884. The number of aliphatic carboxylic acids is 1. The van der Waals surface area contributed by atoms with Crippen LogP contribution in [0.25, 0.3) is 0 Å². The zero-order valence-corrected chi connectivity index (χ0v) is 22.2. The molecule has 1 aromatic heterocycles. The molecule has 2 aliphatic heterocycles. The van der Waals surface area contributed by atoms with Gasteiger partial charge >= 0.3 is 5.97 Å². The fraction of sp³-hybridized carbons (Fsp3) is 0.586. The second kappa shape index (κ2) is 12.5. The molecule has 3 aliphatic rings. The van der Waals surface area contributed by atoms with Gasteiger partial charge in [-0.1, -0.05) is 24.1 Å². The number of carboxylic acids is 1. The maximum absolute atomic E-state index is 12.3. The number of anilines is 1. The minimum Gasteiger partial charge on any atom is -0.493 e. The summed E-state index contributed by atoms with van der Waals surface area (Å²) in [4.78, 5) is 19.1. The van der Waals surface area contributed by atoms with Crippen molar-refractivity contribution in [3.63, 3.8) is 0 Å². The van der Waals surface area contributed by atoms with Crippen LogP contribution in [-0.2, 0) is 22.4 Å². The lowest BCUT2D eigenvalue weighted by Crippen LogP contribution is -2.34. The summed E-state index contributed by atoms with van der Waals surface area (Å²) in [5.74, 6) is 1.39. The summed E-state index contributed by atoms with van der Waals surface area (Å²) in [5.41, 5.74) is 3.12. The number of fused-ring (bicyclic) bond motifs is 1. The molecule has 8 heteroatoms. The molecule has 3 heterocycles. The van der Waals surface area contributed by atoms with Crippen molar-refractivity contribution in [2.45, 2.75) is 69.9 Å². The number of carboxylic acid groups (broad SMARTS) is 1. The fourth-order valence-corrected chi connectivity index (χ4v) is 5.49. The number of hydrogen-bond acceptors (Lipinski definition) is 6. The summed E-state index contributed by atoms with van der Waals surface area (Å²) in [6, 6.07) is 8.90. The van der Waals surface area contributed by atoms with E-state index in [4.69, 9.17) is 26.1 Å². The summed E-state index contributed by atoms with van der Waals surface area (Å²) < 4.78 is 12.2. The first-order valence-electron chi connectivity index (χ1n) is 13.8. The van der Waals surface area contributed by atoms with E-state index in [0.29, 0.717) is 48.6 Å². The Morgan fingerprint density at radius 2 is 2.08 bits per heavy atom. The van der Waals surface area contributed by atoms with Crippen LogP contribution in [0, 0.1) is 5.92 Å². The van der Waals surface area contributed by atoms with Gasteiger partial charge in [-0.05, 0) is 87.1 Å². The van der Waals surface area contributed by atoms with Crippen LogP contribution >= 0.6 is 11.6 Å². The average Bonchev–Trinajstić information content (AvgIpc) is 3.62. The molecule has 2 aromatic rings. The van der Waals surface area contributed by atoms with E-state index in [1.807, 2.05) is 4.90 Å². The molecule has 1 aliphatic carbocycles. The van der Waals surface area contributed by atoms with Gasteiger partial charge in [0.15, 0.2) is 0 Å². The number of aromatic nitrogens is 1. The van der Waals surface area contributed by atoms with Crippen LogP contribution in [0.2, 0.25) is 5.02 Å². The zero-order valence-electron chi connectivity index (χ0n) is 21.5. The van der Waals surface area contributed by atoms with Gasteiger partial charge in [0, 0.05) is 42.5 Å². The monoisotopic (exact) mass is 527 g/mol. The molecule has 2 fully saturated rings. The molecular weight excluding hydrogens is 490 g/mol. The molecule has 1 unspecified atom stereocenters. The molecule has 0 amide bonds. The van der Waals surface area contributed by atoms with Crippen molar-refractivity contribution in [3.8, 4) is 5.75 Å². The van der Waals surface area contributed by atoms with Crippen molar-refractivity contribution >= 4 is 23.4 Å². The van der Waals surface area contributed by atoms with Gasteiger partial charge in [0.25, 0.3) is 0 Å². The summed E-state index contributed by atoms with van der Waals surface area (Å²) in [6.07, 6.45) is 9.69. The van der Waals surface area contributed by atoms with E-state index < -0.39 is 12.0 Å². The van der Waals surface area contributed by atoms with Crippen LogP contribution in [0.4, 0.5) is 5.82 Å². The third-order valence-corrected chi connectivity index (χ3v) is 7.83. The quantitative estimate of drug-likeness (QED) is 0.332. The molecule has 0 spiro atoms. The Hall–Kier alpha value is -2.35. The molecule has 200 valence electrons. The number of rotatable bonds is 13. The Bertz CT molecular complexity index is 1080. The minimum absolute atomic E-state index is 0.0465.